The van der Waals surface area contributed by atoms with E-state index in [1.54, 1.807) is 4.90 Å². The number of halogens is 1. The summed E-state index contributed by atoms with van der Waals surface area (Å²) in [4.78, 5) is 27.6. The summed E-state index contributed by atoms with van der Waals surface area (Å²) < 4.78 is 9.64. The summed E-state index contributed by atoms with van der Waals surface area (Å²) in [7, 11) is 1.29. The van der Waals surface area contributed by atoms with Gasteiger partial charge in [-0.15, -0.1) is 0 Å². The highest BCUT2D eigenvalue weighted by atomic mass is 35.5. The van der Waals surface area contributed by atoms with Crippen LogP contribution in [-0.2, 0) is 19.1 Å². The topological polar surface area (TPSA) is 59.1 Å². The van der Waals surface area contributed by atoms with Crippen molar-refractivity contribution >= 4 is 23.5 Å². The van der Waals surface area contributed by atoms with Crippen LogP contribution in [0.1, 0.15) is 17.2 Å². The number of carbonyl (C=O) groups excluding carboxylic acids is 2. The van der Waals surface area contributed by atoms with Crippen LogP contribution in [0.2, 0.25) is 5.02 Å². The summed E-state index contributed by atoms with van der Waals surface area (Å²) in [5.74, 6) is -0.604. The lowest BCUT2D eigenvalue weighted by Gasteiger charge is -2.39. The molecule has 1 atom stereocenters. The molecule has 0 aromatic heterocycles. The number of methoxy groups -OCH3 is 1. The largest absolute Gasteiger partial charge is 0.467 e. The number of hydrogen-bond donors (Lipinski definition) is 0. The number of benzene rings is 2. The van der Waals surface area contributed by atoms with Crippen LogP contribution in [0.5, 0.6) is 0 Å². The monoisotopic (exact) mass is 416 g/mol. The van der Waals surface area contributed by atoms with Gasteiger partial charge in [-0.05, 0) is 23.3 Å². The van der Waals surface area contributed by atoms with Crippen molar-refractivity contribution in [1.29, 1.82) is 0 Å². The Bertz CT molecular complexity index is 805. The van der Waals surface area contributed by atoms with Gasteiger partial charge in [-0.3, -0.25) is 9.69 Å². The van der Waals surface area contributed by atoms with Gasteiger partial charge in [-0.2, -0.15) is 0 Å². The minimum Gasteiger partial charge on any atom is -0.467 e. The summed E-state index contributed by atoms with van der Waals surface area (Å²) in [6.45, 7) is 2.37. The molecule has 0 radical (unpaired) electrons. The zero-order chi connectivity index (χ0) is 20.6. The molecule has 0 aliphatic carbocycles. The van der Waals surface area contributed by atoms with E-state index in [9.17, 15) is 9.59 Å². The highest BCUT2D eigenvalue weighted by Gasteiger charge is 2.28. The molecular weight excluding hydrogens is 392 g/mol. The SMILES string of the molecule is COC(=O)COCC(=O)N1CCN(C(c2ccccc2)c2ccc(Cl)cc2)CC1. The van der Waals surface area contributed by atoms with Crippen LogP contribution in [0.25, 0.3) is 0 Å². The maximum Gasteiger partial charge on any atom is 0.331 e. The van der Waals surface area contributed by atoms with Gasteiger partial charge in [-0.1, -0.05) is 54.1 Å². The van der Waals surface area contributed by atoms with E-state index < -0.39 is 5.97 Å². The molecular formula is C22H25ClN2O4. The predicted molar refractivity (Wildman–Crippen MR) is 111 cm³/mol. The molecule has 2 aromatic rings. The minimum absolute atomic E-state index is 0.0984. The average Bonchev–Trinajstić information content (AvgIpc) is 2.76. The van der Waals surface area contributed by atoms with Crippen molar-refractivity contribution < 1.29 is 19.1 Å². The molecule has 1 saturated heterocycles. The van der Waals surface area contributed by atoms with Gasteiger partial charge in [0.25, 0.3) is 0 Å². The second-order valence-corrected chi connectivity index (χ2v) is 7.29. The molecule has 1 fully saturated rings. The lowest BCUT2D eigenvalue weighted by Crippen LogP contribution is -2.50. The van der Waals surface area contributed by atoms with Gasteiger partial charge in [0.05, 0.1) is 13.2 Å². The number of esters is 1. The Morgan fingerprint density at radius 2 is 1.55 bits per heavy atom. The second kappa shape index (κ2) is 10.4. The van der Waals surface area contributed by atoms with Crippen molar-refractivity contribution in [2.45, 2.75) is 6.04 Å². The number of carbonyl (C=O) groups is 2. The number of rotatable bonds is 7. The molecule has 2 aromatic carbocycles. The van der Waals surface area contributed by atoms with Crippen molar-refractivity contribution in [2.24, 2.45) is 0 Å². The highest BCUT2D eigenvalue weighted by molar-refractivity contribution is 6.30. The van der Waals surface area contributed by atoms with E-state index in [2.05, 4.69) is 33.9 Å². The molecule has 7 heteroatoms. The molecule has 0 saturated carbocycles. The van der Waals surface area contributed by atoms with E-state index in [1.807, 2.05) is 30.3 Å². The van der Waals surface area contributed by atoms with E-state index in [0.717, 1.165) is 13.1 Å². The fourth-order valence-electron chi connectivity index (χ4n) is 3.50. The normalized spacial score (nSPS) is 15.7. The molecule has 0 spiro atoms. The van der Waals surface area contributed by atoms with E-state index in [4.69, 9.17) is 16.3 Å². The Morgan fingerprint density at radius 1 is 0.931 bits per heavy atom. The van der Waals surface area contributed by atoms with E-state index in [1.165, 1.54) is 18.2 Å². The smallest absolute Gasteiger partial charge is 0.331 e. The van der Waals surface area contributed by atoms with Gasteiger partial charge in [0.2, 0.25) is 5.91 Å². The molecule has 3 rings (SSSR count). The fraction of sp³-hybridized carbons (Fsp3) is 0.364. The summed E-state index contributed by atoms with van der Waals surface area (Å²) in [5, 5.41) is 0.711. The fourth-order valence-corrected chi connectivity index (χ4v) is 3.62. The third kappa shape index (κ3) is 5.79. The number of ether oxygens (including phenoxy) is 2. The standard InChI is InChI=1S/C22H25ClN2O4/c1-28-21(27)16-29-15-20(26)24-11-13-25(14-12-24)22(17-5-3-2-4-6-17)18-7-9-19(23)10-8-18/h2-10,22H,11-16H2,1H3. The summed E-state index contributed by atoms with van der Waals surface area (Å²) in [6, 6.07) is 18.4. The minimum atomic E-state index is -0.490. The number of amides is 1. The maximum absolute atomic E-state index is 12.3. The Morgan fingerprint density at radius 3 is 2.17 bits per heavy atom. The van der Waals surface area contributed by atoms with Crippen LogP contribution in [0.3, 0.4) is 0 Å². The summed E-state index contributed by atoms with van der Waals surface area (Å²) in [5.41, 5.74) is 2.37. The van der Waals surface area contributed by atoms with Gasteiger partial charge < -0.3 is 14.4 Å². The third-order valence-electron chi connectivity index (χ3n) is 5.01. The Hall–Kier alpha value is -2.41. The van der Waals surface area contributed by atoms with E-state index >= 15 is 0 Å². The van der Waals surface area contributed by atoms with Crippen LogP contribution < -0.4 is 0 Å². The van der Waals surface area contributed by atoms with Crippen LogP contribution in [0, 0.1) is 0 Å². The van der Waals surface area contributed by atoms with Crippen molar-refractivity contribution in [3.8, 4) is 0 Å². The average molecular weight is 417 g/mol. The lowest BCUT2D eigenvalue weighted by atomic mass is 9.96. The Kier molecular flexibility index (Phi) is 7.63. The predicted octanol–water partition coefficient (Wildman–Crippen LogP) is 2.76. The zero-order valence-corrected chi connectivity index (χ0v) is 17.2. The van der Waals surface area contributed by atoms with E-state index in [-0.39, 0.29) is 25.2 Å². The first-order valence-corrected chi connectivity index (χ1v) is 9.93. The molecule has 0 N–H and O–H groups in total. The number of nitrogens with zero attached hydrogens (tertiary/aromatic N) is 2. The molecule has 6 nitrogen and oxygen atoms in total. The zero-order valence-electron chi connectivity index (χ0n) is 16.4. The number of hydrogen-bond acceptors (Lipinski definition) is 5. The van der Waals surface area contributed by atoms with Gasteiger partial charge >= 0.3 is 5.97 Å². The molecule has 0 bridgehead atoms. The van der Waals surface area contributed by atoms with Crippen LogP contribution >= 0.6 is 11.6 Å². The van der Waals surface area contributed by atoms with E-state index in [0.29, 0.717) is 18.1 Å². The first-order valence-electron chi connectivity index (χ1n) is 9.55. The van der Waals surface area contributed by atoms with Gasteiger partial charge in [-0.25, -0.2) is 4.79 Å². The van der Waals surface area contributed by atoms with Gasteiger partial charge in [0, 0.05) is 31.2 Å². The van der Waals surface area contributed by atoms with Crippen LogP contribution in [0.15, 0.2) is 54.6 Å². The maximum atomic E-state index is 12.3. The molecule has 1 aliphatic rings. The first-order chi connectivity index (χ1) is 14.1. The molecule has 1 heterocycles. The van der Waals surface area contributed by atoms with Crippen molar-refractivity contribution in [3.05, 3.63) is 70.7 Å². The highest BCUT2D eigenvalue weighted by Crippen LogP contribution is 2.30. The van der Waals surface area contributed by atoms with Crippen molar-refractivity contribution in [1.82, 2.24) is 9.80 Å². The third-order valence-corrected chi connectivity index (χ3v) is 5.26. The van der Waals surface area contributed by atoms with Crippen molar-refractivity contribution in [2.75, 3.05) is 46.5 Å². The van der Waals surface area contributed by atoms with Crippen LogP contribution in [0.4, 0.5) is 0 Å². The number of piperazine rings is 1. The second-order valence-electron chi connectivity index (χ2n) is 6.85. The molecule has 1 amide bonds. The van der Waals surface area contributed by atoms with Crippen molar-refractivity contribution in [3.63, 3.8) is 0 Å². The molecule has 1 aliphatic heterocycles. The van der Waals surface area contributed by atoms with Crippen LogP contribution in [-0.4, -0.2) is 68.2 Å². The molecule has 29 heavy (non-hydrogen) atoms. The Labute approximate surface area is 176 Å². The van der Waals surface area contributed by atoms with Gasteiger partial charge in [0.15, 0.2) is 0 Å². The lowest BCUT2D eigenvalue weighted by molar-refractivity contribution is -0.149. The Balaban J connectivity index is 1.64. The summed E-state index contributed by atoms with van der Waals surface area (Å²) >= 11 is 6.07. The summed E-state index contributed by atoms with van der Waals surface area (Å²) in [6.07, 6.45) is 0. The first kappa shape index (κ1) is 21.3. The quantitative estimate of drug-likeness (QED) is 0.649. The van der Waals surface area contributed by atoms with Gasteiger partial charge in [0.1, 0.15) is 13.2 Å². The molecule has 1 unspecified atom stereocenters. The molecule has 154 valence electrons.